The van der Waals surface area contributed by atoms with Crippen LogP contribution in [0.2, 0.25) is 0 Å². The highest BCUT2D eigenvalue weighted by Crippen LogP contribution is 2.26. The smallest absolute Gasteiger partial charge is 0.0168 e. The van der Waals surface area contributed by atoms with Crippen molar-refractivity contribution in [3.8, 4) is 0 Å². The summed E-state index contributed by atoms with van der Waals surface area (Å²) in [5, 5.41) is 4.57. The molecule has 2 rings (SSSR count). The summed E-state index contributed by atoms with van der Waals surface area (Å²) in [5.41, 5.74) is 1.70. The van der Waals surface area contributed by atoms with Crippen molar-refractivity contribution in [3.05, 3.63) is 11.6 Å². The molecule has 2 heteroatoms. The van der Waals surface area contributed by atoms with Crippen LogP contribution in [0.1, 0.15) is 45.4 Å². The average Bonchev–Trinajstić information content (AvgIpc) is 2.66. The van der Waals surface area contributed by atoms with E-state index >= 15 is 0 Å². The van der Waals surface area contributed by atoms with Gasteiger partial charge in [-0.15, -0.1) is 0 Å². The quantitative estimate of drug-likeness (QED) is 0.736. The Kier molecular flexibility index (Phi) is 4.58. The highest BCUT2D eigenvalue weighted by atomic mass is 32.2. The Labute approximate surface area is 98.1 Å². The molecule has 0 saturated carbocycles. The zero-order chi connectivity index (χ0) is 10.5. The van der Waals surface area contributed by atoms with E-state index in [2.05, 4.69) is 30.1 Å². The van der Waals surface area contributed by atoms with Crippen molar-refractivity contribution in [2.45, 2.75) is 56.7 Å². The molecule has 1 aliphatic heterocycles. The maximum atomic E-state index is 3.70. The third-order valence-electron chi connectivity index (χ3n) is 3.46. The molecule has 1 aliphatic carbocycles. The van der Waals surface area contributed by atoms with Gasteiger partial charge in [0.1, 0.15) is 0 Å². The zero-order valence-electron chi connectivity index (χ0n) is 9.80. The molecule has 0 radical (unpaired) electrons. The Balaban J connectivity index is 1.60. The molecule has 1 saturated heterocycles. The molecule has 0 spiro atoms. The fraction of sp³-hybridized carbons (Fsp3) is 0.846. The van der Waals surface area contributed by atoms with Crippen molar-refractivity contribution in [2.24, 2.45) is 0 Å². The Bertz CT molecular complexity index is 225. The molecule has 1 fully saturated rings. The molecule has 1 heterocycles. The maximum absolute atomic E-state index is 3.70. The first-order chi connectivity index (χ1) is 7.34. The second kappa shape index (κ2) is 5.95. The van der Waals surface area contributed by atoms with Gasteiger partial charge in [-0.25, -0.2) is 0 Å². The van der Waals surface area contributed by atoms with E-state index < -0.39 is 0 Å². The summed E-state index contributed by atoms with van der Waals surface area (Å²) in [6.45, 7) is 3.54. The van der Waals surface area contributed by atoms with Crippen LogP contribution in [-0.2, 0) is 0 Å². The van der Waals surface area contributed by atoms with Gasteiger partial charge in [-0.05, 0) is 45.1 Å². The lowest BCUT2D eigenvalue weighted by atomic mass is 9.97. The summed E-state index contributed by atoms with van der Waals surface area (Å²) in [6, 6.07) is 0.786. The van der Waals surface area contributed by atoms with Gasteiger partial charge in [-0.1, -0.05) is 18.6 Å². The fourth-order valence-electron chi connectivity index (χ4n) is 2.53. The lowest BCUT2D eigenvalue weighted by Crippen LogP contribution is -2.30. The van der Waals surface area contributed by atoms with Crippen molar-refractivity contribution in [1.29, 1.82) is 0 Å². The molecule has 2 aliphatic rings. The predicted molar refractivity (Wildman–Crippen MR) is 69.5 cm³/mol. The van der Waals surface area contributed by atoms with Crippen molar-refractivity contribution in [2.75, 3.05) is 12.3 Å². The molecule has 0 aromatic rings. The predicted octanol–water partition coefficient (Wildman–Crippen LogP) is 3.36. The summed E-state index contributed by atoms with van der Waals surface area (Å²) in [4.78, 5) is 0. The number of rotatable bonds is 4. The van der Waals surface area contributed by atoms with Gasteiger partial charge in [-0.2, -0.15) is 11.8 Å². The first kappa shape index (κ1) is 11.5. The molecular weight excluding hydrogens is 202 g/mol. The van der Waals surface area contributed by atoms with E-state index in [9.17, 15) is 0 Å². The minimum Gasteiger partial charge on any atom is -0.313 e. The van der Waals surface area contributed by atoms with Crippen LogP contribution < -0.4 is 5.32 Å². The van der Waals surface area contributed by atoms with Crippen LogP contribution >= 0.6 is 11.8 Å². The highest BCUT2D eigenvalue weighted by Gasteiger charge is 2.20. The number of allylic oxidation sites excluding steroid dienone is 1. The lowest BCUT2D eigenvalue weighted by molar-refractivity contribution is 0.533. The minimum atomic E-state index is 0.786. The van der Waals surface area contributed by atoms with Crippen LogP contribution in [0.5, 0.6) is 0 Å². The molecule has 0 amide bonds. The van der Waals surface area contributed by atoms with Gasteiger partial charge < -0.3 is 5.32 Å². The third-order valence-corrected chi connectivity index (χ3v) is 4.82. The van der Waals surface area contributed by atoms with Gasteiger partial charge >= 0.3 is 0 Å². The highest BCUT2D eigenvalue weighted by molar-refractivity contribution is 8.00. The van der Waals surface area contributed by atoms with Crippen molar-refractivity contribution in [1.82, 2.24) is 5.32 Å². The summed E-state index contributed by atoms with van der Waals surface area (Å²) < 4.78 is 0. The molecule has 0 aromatic heterocycles. The van der Waals surface area contributed by atoms with Crippen LogP contribution in [0.4, 0.5) is 0 Å². The van der Waals surface area contributed by atoms with Crippen molar-refractivity contribution >= 4 is 11.8 Å². The third kappa shape index (κ3) is 3.84. The van der Waals surface area contributed by atoms with Crippen LogP contribution in [0, 0.1) is 0 Å². The number of hydrogen-bond donors (Lipinski definition) is 1. The van der Waals surface area contributed by atoms with Crippen LogP contribution in [0.3, 0.4) is 0 Å². The first-order valence-corrected chi connectivity index (χ1v) is 7.42. The summed E-state index contributed by atoms with van der Waals surface area (Å²) in [6.07, 6.45) is 10.6. The molecule has 1 nitrogen and oxygen atoms in total. The molecule has 2 atom stereocenters. The van der Waals surface area contributed by atoms with Gasteiger partial charge in [0.2, 0.25) is 0 Å². The molecule has 2 unspecified atom stereocenters. The van der Waals surface area contributed by atoms with E-state index in [0.717, 1.165) is 11.3 Å². The van der Waals surface area contributed by atoms with Gasteiger partial charge in [0.15, 0.2) is 0 Å². The van der Waals surface area contributed by atoms with Gasteiger partial charge in [0, 0.05) is 17.0 Å². The SMILES string of the molecule is CC1CC(NCCC2=CCCCC2)CS1. The standard InChI is InChI=1S/C13H23NS/c1-11-9-13(10-15-11)14-8-7-12-5-3-2-4-6-12/h5,11,13-14H,2-4,6-10H2,1H3. The van der Waals surface area contributed by atoms with E-state index in [1.54, 1.807) is 5.57 Å². The van der Waals surface area contributed by atoms with Gasteiger partial charge in [0.05, 0.1) is 0 Å². The van der Waals surface area contributed by atoms with Crippen molar-refractivity contribution < 1.29 is 0 Å². The average molecular weight is 225 g/mol. The maximum Gasteiger partial charge on any atom is 0.0168 e. The molecule has 15 heavy (non-hydrogen) atoms. The number of hydrogen-bond acceptors (Lipinski definition) is 2. The van der Waals surface area contributed by atoms with Gasteiger partial charge in [0.25, 0.3) is 0 Å². The number of thioether (sulfide) groups is 1. The lowest BCUT2D eigenvalue weighted by Gasteiger charge is -2.15. The van der Waals surface area contributed by atoms with Crippen molar-refractivity contribution in [3.63, 3.8) is 0 Å². The van der Waals surface area contributed by atoms with Gasteiger partial charge in [-0.3, -0.25) is 0 Å². The number of nitrogens with one attached hydrogen (secondary N) is 1. The van der Waals surface area contributed by atoms with E-state index in [1.807, 2.05) is 0 Å². The molecular formula is C13H23NS. The largest absolute Gasteiger partial charge is 0.313 e. The normalized spacial score (nSPS) is 31.7. The summed E-state index contributed by atoms with van der Waals surface area (Å²) in [7, 11) is 0. The van der Waals surface area contributed by atoms with E-state index in [-0.39, 0.29) is 0 Å². The second-order valence-corrected chi connectivity index (χ2v) is 6.36. The summed E-state index contributed by atoms with van der Waals surface area (Å²) >= 11 is 2.11. The zero-order valence-corrected chi connectivity index (χ0v) is 10.6. The monoisotopic (exact) mass is 225 g/mol. The summed E-state index contributed by atoms with van der Waals surface area (Å²) in [5.74, 6) is 1.32. The minimum absolute atomic E-state index is 0.786. The Hall–Kier alpha value is 0.0500. The molecule has 0 aromatic carbocycles. The van der Waals surface area contributed by atoms with Crippen LogP contribution in [0.25, 0.3) is 0 Å². The van der Waals surface area contributed by atoms with E-state index in [0.29, 0.717) is 0 Å². The van der Waals surface area contributed by atoms with E-state index in [1.165, 1.54) is 50.8 Å². The first-order valence-electron chi connectivity index (χ1n) is 6.37. The van der Waals surface area contributed by atoms with Crippen LogP contribution in [-0.4, -0.2) is 23.6 Å². The topological polar surface area (TPSA) is 12.0 Å². The Morgan fingerprint density at radius 3 is 3.07 bits per heavy atom. The molecule has 0 bridgehead atoms. The Morgan fingerprint density at radius 1 is 1.47 bits per heavy atom. The van der Waals surface area contributed by atoms with E-state index in [4.69, 9.17) is 0 Å². The van der Waals surface area contributed by atoms with Crippen LogP contribution in [0.15, 0.2) is 11.6 Å². The Morgan fingerprint density at radius 2 is 2.40 bits per heavy atom. The molecule has 1 N–H and O–H groups in total. The fourth-order valence-corrected chi connectivity index (χ4v) is 3.71. The second-order valence-electron chi connectivity index (χ2n) is 4.89. The molecule has 86 valence electrons.